The van der Waals surface area contributed by atoms with Gasteiger partial charge in [0.2, 0.25) is 5.96 Å². The fourth-order valence-corrected chi connectivity index (χ4v) is 0.972. The van der Waals surface area contributed by atoms with Crippen molar-refractivity contribution in [3.8, 4) is 0 Å². The first kappa shape index (κ1) is 11.0. The van der Waals surface area contributed by atoms with E-state index >= 15 is 0 Å². The molecule has 1 heterocycles. The molecule has 0 aliphatic heterocycles. The lowest BCUT2D eigenvalue weighted by molar-refractivity contribution is 0.776. The number of aliphatic imine (C=N–C) groups is 2. The molecule has 0 bridgehead atoms. The fraction of sp³-hybridized carbons (Fsp3) is 0.429. The zero-order valence-electron chi connectivity index (χ0n) is 8.46. The van der Waals surface area contributed by atoms with Gasteiger partial charge in [-0.15, -0.1) is 10.2 Å². The van der Waals surface area contributed by atoms with E-state index in [2.05, 4.69) is 20.2 Å². The van der Waals surface area contributed by atoms with Crippen LogP contribution in [0, 0.1) is 0 Å². The Balaban J connectivity index is 2.46. The number of aromatic nitrogens is 3. The first-order valence-corrected chi connectivity index (χ1v) is 4.32. The number of aryl methyl sites for hydroxylation is 1. The van der Waals surface area contributed by atoms with Gasteiger partial charge in [0.1, 0.15) is 12.2 Å². The van der Waals surface area contributed by atoms with E-state index in [0.717, 1.165) is 5.82 Å². The van der Waals surface area contributed by atoms with Crippen molar-refractivity contribution in [2.45, 2.75) is 6.42 Å². The third kappa shape index (κ3) is 3.63. The highest BCUT2D eigenvalue weighted by Crippen LogP contribution is 1.92. The molecule has 0 aromatic carbocycles. The van der Waals surface area contributed by atoms with Gasteiger partial charge in [-0.3, -0.25) is 4.99 Å². The van der Waals surface area contributed by atoms with E-state index in [-0.39, 0.29) is 11.9 Å². The summed E-state index contributed by atoms with van der Waals surface area (Å²) in [7, 11) is 1.86. The Hall–Kier alpha value is -2.12. The molecule has 1 rings (SSSR count). The van der Waals surface area contributed by atoms with Crippen LogP contribution in [0.4, 0.5) is 0 Å². The summed E-state index contributed by atoms with van der Waals surface area (Å²) < 4.78 is 1.81. The van der Waals surface area contributed by atoms with Crippen molar-refractivity contribution >= 4 is 11.9 Å². The number of hydrogen-bond donors (Lipinski definition) is 3. The van der Waals surface area contributed by atoms with Crippen molar-refractivity contribution in [3.05, 3.63) is 12.2 Å². The molecule has 1 aromatic rings. The maximum Gasteiger partial charge on any atom is 0.218 e. The number of guanidine groups is 2. The fourth-order valence-electron chi connectivity index (χ4n) is 0.972. The zero-order chi connectivity index (χ0) is 11.3. The van der Waals surface area contributed by atoms with Gasteiger partial charge in [0.25, 0.3) is 0 Å². The minimum atomic E-state index is -0.102. The predicted octanol–water partition coefficient (Wildman–Crippen LogP) is -2.05. The summed E-state index contributed by atoms with van der Waals surface area (Å²) in [6, 6.07) is 0. The lowest BCUT2D eigenvalue weighted by atomic mass is 10.4. The molecule has 0 radical (unpaired) electrons. The van der Waals surface area contributed by atoms with E-state index in [0.29, 0.717) is 13.0 Å². The van der Waals surface area contributed by atoms with Gasteiger partial charge in [-0.05, 0) is 0 Å². The molecule has 82 valence electrons. The Morgan fingerprint density at radius 1 is 1.47 bits per heavy atom. The molecular formula is C7H14N8. The molecule has 0 saturated heterocycles. The third-order valence-corrected chi connectivity index (χ3v) is 1.66. The highest BCUT2D eigenvalue weighted by atomic mass is 15.2. The van der Waals surface area contributed by atoms with Crippen LogP contribution in [-0.4, -0.2) is 33.2 Å². The van der Waals surface area contributed by atoms with Gasteiger partial charge < -0.3 is 21.8 Å². The van der Waals surface area contributed by atoms with Crippen LogP contribution in [0.15, 0.2) is 16.3 Å². The molecule has 0 aliphatic rings. The first-order chi connectivity index (χ1) is 7.09. The molecular weight excluding hydrogens is 196 g/mol. The molecule has 8 nitrogen and oxygen atoms in total. The van der Waals surface area contributed by atoms with E-state index in [1.54, 1.807) is 6.33 Å². The van der Waals surface area contributed by atoms with Crippen molar-refractivity contribution in [3.63, 3.8) is 0 Å². The average Bonchev–Trinajstić information content (AvgIpc) is 2.50. The van der Waals surface area contributed by atoms with Gasteiger partial charge >= 0.3 is 0 Å². The van der Waals surface area contributed by atoms with Crippen molar-refractivity contribution in [1.29, 1.82) is 0 Å². The van der Waals surface area contributed by atoms with E-state index < -0.39 is 0 Å². The van der Waals surface area contributed by atoms with E-state index in [9.17, 15) is 0 Å². The Morgan fingerprint density at radius 3 is 2.73 bits per heavy atom. The largest absolute Gasteiger partial charge is 0.370 e. The zero-order valence-corrected chi connectivity index (χ0v) is 8.46. The summed E-state index contributed by atoms with van der Waals surface area (Å²) in [4.78, 5) is 7.52. The van der Waals surface area contributed by atoms with Gasteiger partial charge in [0.05, 0.1) is 0 Å². The summed E-state index contributed by atoms with van der Waals surface area (Å²) in [6.45, 7) is 0.467. The molecule has 6 N–H and O–H groups in total. The topological polar surface area (TPSA) is 133 Å². The summed E-state index contributed by atoms with van der Waals surface area (Å²) in [5.74, 6) is 0.795. The molecule has 15 heavy (non-hydrogen) atoms. The van der Waals surface area contributed by atoms with E-state index in [1.165, 1.54) is 0 Å². The lowest BCUT2D eigenvalue weighted by Crippen LogP contribution is -2.26. The molecule has 0 unspecified atom stereocenters. The minimum Gasteiger partial charge on any atom is -0.370 e. The van der Waals surface area contributed by atoms with Gasteiger partial charge in [-0.2, -0.15) is 4.99 Å². The third-order valence-electron chi connectivity index (χ3n) is 1.66. The van der Waals surface area contributed by atoms with Crippen LogP contribution in [0.3, 0.4) is 0 Å². The Morgan fingerprint density at radius 2 is 2.20 bits per heavy atom. The van der Waals surface area contributed by atoms with Gasteiger partial charge in [-0.1, -0.05) is 0 Å². The van der Waals surface area contributed by atoms with Gasteiger partial charge in [0.15, 0.2) is 5.96 Å². The Kier molecular flexibility index (Phi) is 3.61. The second-order valence-electron chi connectivity index (χ2n) is 2.88. The summed E-state index contributed by atoms with van der Waals surface area (Å²) in [5.41, 5.74) is 15.7. The van der Waals surface area contributed by atoms with Crippen LogP contribution >= 0.6 is 0 Å². The Labute approximate surface area is 86.9 Å². The molecule has 0 spiro atoms. The first-order valence-electron chi connectivity index (χ1n) is 4.32. The van der Waals surface area contributed by atoms with E-state index in [1.807, 2.05) is 11.6 Å². The molecule has 0 amide bonds. The van der Waals surface area contributed by atoms with Crippen LogP contribution < -0.4 is 17.2 Å². The van der Waals surface area contributed by atoms with Gasteiger partial charge in [-0.25, -0.2) is 0 Å². The highest BCUT2D eigenvalue weighted by Gasteiger charge is 1.98. The molecule has 1 aromatic heterocycles. The van der Waals surface area contributed by atoms with Gasteiger partial charge in [0, 0.05) is 20.0 Å². The number of hydrogen-bond acceptors (Lipinski definition) is 3. The second-order valence-corrected chi connectivity index (χ2v) is 2.88. The second kappa shape index (κ2) is 4.94. The van der Waals surface area contributed by atoms with Crippen LogP contribution in [-0.2, 0) is 13.5 Å². The van der Waals surface area contributed by atoms with Crippen LogP contribution in [0.25, 0.3) is 0 Å². The van der Waals surface area contributed by atoms with Crippen LogP contribution in [0.1, 0.15) is 5.82 Å². The van der Waals surface area contributed by atoms with Crippen molar-refractivity contribution in [1.82, 2.24) is 14.8 Å². The quantitative estimate of drug-likeness (QED) is 0.390. The summed E-state index contributed by atoms with van der Waals surface area (Å²) in [6.07, 6.45) is 2.26. The highest BCUT2D eigenvalue weighted by molar-refractivity contribution is 5.92. The molecule has 8 heteroatoms. The molecule has 0 aliphatic carbocycles. The normalized spacial score (nSPS) is 11.4. The number of nitrogens with two attached hydrogens (primary N) is 3. The summed E-state index contributed by atoms with van der Waals surface area (Å²) in [5, 5.41) is 7.62. The Bertz CT molecular complexity index is 372. The van der Waals surface area contributed by atoms with Crippen LogP contribution in [0.5, 0.6) is 0 Å². The minimum absolute atomic E-state index is 0.0668. The predicted molar refractivity (Wildman–Crippen MR) is 57.0 cm³/mol. The van der Waals surface area contributed by atoms with Crippen molar-refractivity contribution in [2.75, 3.05) is 6.54 Å². The lowest BCUT2D eigenvalue weighted by Gasteiger charge is -1.97. The molecule has 0 saturated carbocycles. The number of rotatable bonds is 3. The monoisotopic (exact) mass is 210 g/mol. The summed E-state index contributed by atoms with van der Waals surface area (Å²) >= 11 is 0. The average molecular weight is 210 g/mol. The van der Waals surface area contributed by atoms with Crippen LogP contribution in [0.2, 0.25) is 0 Å². The van der Waals surface area contributed by atoms with Crippen molar-refractivity contribution in [2.24, 2.45) is 34.2 Å². The van der Waals surface area contributed by atoms with E-state index in [4.69, 9.17) is 17.2 Å². The number of nitrogens with zero attached hydrogens (tertiary/aromatic N) is 5. The van der Waals surface area contributed by atoms with Crippen molar-refractivity contribution < 1.29 is 0 Å². The molecule has 0 atom stereocenters. The maximum atomic E-state index is 5.41. The smallest absolute Gasteiger partial charge is 0.218 e. The maximum absolute atomic E-state index is 5.41. The standard InChI is InChI=1S/C7H14N8/c1-15-4-12-14-5(15)2-3-11-7(10)13-6(8)9/h4H,2-3H2,1H3,(H6,8,9,10,11,13). The SMILES string of the molecule is Cn1cnnc1CCN=C(N)N=C(N)N. The molecule has 0 fully saturated rings.